The van der Waals surface area contributed by atoms with Crippen LogP contribution in [0.1, 0.15) is 59.7 Å². The van der Waals surface area contributed by atoms with Crippen molar-refractivity contribution in [1.29, 1.82) is 0 Å². The van der Waals surface area contributed by atoms with Crippen molar-refractivity contribution in [2.24, 2.45) is 0 Å². The molecule has 2 rings (SSSR count). The third-order valence-electron chi connectivity index (χ3n) is 4.97. The molecule has 0 unspecified atom stereocenters. The maximum atomic E-state index is 12.8. The van der Waals surface area contributed by atoms with Crippen LogP contribution in [0.5, 0.6) is 5.75 Å². The first-order valence-electron chi connectivity index (χ1n) is 9.35. The number of nitrogens with one attached hydrogen (secondary N) is 1. The van der Waals surface area contributed by atoms with Gasteiger partial charge in [0, 0.05) is 0 Å². The molecule has 0 heterocycles. The summed E-state index contributed by atoms with van der Waals surface area (Å²) in [5.74, 6) is 0.699. The number of benzene rings is 2. The van der Waals surface area contributed by atoms with Gasteiger partial charge in [0.25, 0.3) is 5.91 Å². The number of hydrogen-bond acceptors (Lipinski definition) is 2. The molecule has 0 bridgehead atoms. The minimum absolute atomic E-state index is 0.0569. The SMILES string of the molecule is CC[C@H](Oc1ccc(C)cc1C)C(=O)N[C@H](C)c1cc(C)c(C)cc1C. The summed E-state index contributed by atoms with van der Waals surface area (Å²) in [6.07, 6.45) is 0.128. The molecule has 1 amide bonds. The number of rotatable bonds is 6. The monoisotopic (exact) mass is 353 g/mol. The highest BCUT2D eigenvalue weighted by Crippen LogP contribution is 2.23. The normalized spacial score (nSPS) is 13.2. The van der Waals surface area contributed by atoms with Crippen LogP contribution in [0.3, 0.4) is 0 Å². The molecule has 0 aliphatic carbocycles. The molecule has 0 aromatic heterocycles. The molecule has 26 heavy (non-hydrogen) atoms. The number of amides is 1. The summed E-state index contributed by atoms with van der Waals surface area (Å²) in [6.45, 7) is 14.4. The average Bonchev–Trinajstić information content (AvgIpc) is 2.57. The van der Waals surface area contributed by atoms with Gasteiger partial charge < -0.3 is 10.1 Å². The molecule has 2 atom stereocenters. The minimum atomic E-state index is -0.495. The topological polar surface area (TPSA) is 38.3 Å². The van der Waals surface area contributed by atoms with E-state index in [1.165, 1.54) is 22.3 Å². The van der Waals surface area contributed by atoms with Gasteiger partial charge in [0.2, 0.25) is 0 Å². The maximum Gasteiger partial charge on any atom is 0.261 e. The van der Waals surface area contributed by atoms with Crippen molar-refractivity contribution in [1.82, 2.24) is 5.32 Å². The Morgan fingerprint density at radius 2 is 1.62 bits per heavy atom. The van der Waals surface area contributed by atoms with Crippen LogP contribution < -0.4 is 10.1 Å². The Morgan fingerprint density at radius 1 is 0.962 bits per heavy atom. The summed E-state index contributed by atoms with van der Waals surface area (Å²) >= 11 is 0. The smallest absolute Gasteiger partial charge is 0.261 e. The molecule has 0 saturated carbocycles. The molecule has 0 radical (unpaired) electrons. The van der Waals surface area contributed by atoms with Gasteiger partial charge in [0.05, 0.1) is 6.04 Å². The molecule has 3 nitrogen and oxygen atoms in total. The Kier molecular flexibility index (Phi) is 6.47. The Balaban J connectivity index is 2.12. The Labute approximate surface area is 157 Å². The van der Waals surface area contributed by atoms with Crippen molar-refractivity contribution in [2.45, 2.75) is 67.0 Å². The van der Waals surface area contributed by atoms with Crippen LogP contribution in [0.15, 0.2) is 30.3 Å². The highest BCUT2D eigenvalue weighted by molar-refractivity contribution is 5.81. The van der Waals surface area contributed by atoms with Crippen LogP contribution in [-0.2, 0) is 4.79 Å². The zero-order valence-electron chi connectivity index (χ0n) is 17.1. The molecule has 0 saturated heterocycles. The van der Waals surface area contributed by atoms with E-state index in [0.717, 1.165) is 16.9 Å². The van der Waals surface area contributed by atoms with Gasteiger partial charge in [-0.05, 0) is 81.8 Å². The molecule has 0 fully saturated rings. The van der Waals surface area contributed by atoms with Gasteiger partial charge in [0.1, 0.15) is 5.75 Å². The fourth-order valence-electron chi connectivity index (χ4n) is 3.24. The lowest BCUT2D eigenvalue weighted by molar-refractivity contribution is -0.128. The lowest BCUT2D eigenvalue weighted by Gasteiger charge is -2.23. The molecule has 0 spiro atoms. The van der Waals surface area contributed by atoms with E-state index in [0.29, 0.717) is 6.42 Å². The average molecular weight is 354 g/mol. The number of hydrogen-bond donors (Lipinski definition) is 1. The van der Waals surface area contributed by atoms with Crippen LogP contribution in [0, 0.1) is 34.6 Å². The first-order valence-corrected chi connectivity index (χ1v) is 9.35. The lowest BCUT2D eigenvalue weighted by Crippen LogP contribution is -2.39. The van der Waals surface area contributed by atoms with Crippen LogP contribution in [0.2, 0.25) is 0 Å². The second kappa shape index (κ2) is 8.39. The first kappa shape index (κ1) is 20.0. The molecular formula is C23H31NO2. The van der Waals surface area contributed by atoms with Crippen molar-refractivity contribution < 1.29 is 9.53 Å². The molecule has 1 N–H and O–H groups in total. The summed E-state index contributed by atoms with van der Waals surface area (Å²) in [7, 11) is 0. The van der Waals surface area contributed by atoms with Crippen LogP contribution in [-0.4, -0.2) is 12.0 Å². The largest absolute Gasteiger partial charge is 0.480 e. The molecule has 0 aliphatic rings. The summed E-state index contributed by atoms with van der Waals surface area (Å²) in [5, 5.41) is 3.12. The number of ether oxygens (including phenoxy) is 1. The van der Waals surface area contributed by atoms with Gasteiger partial charge in [-0.3, -0.25) is 4.79 Å². The fourth-order valence-corrected chi connectivity index (χ4v) is 3.24. The lowest BCUT2D eigenvalue weighted by atomic mass is 9.96. The number of carbonyl (C=O) groups excluding carboxylic acids is 1. The van der Waals surface area contributed by atoms with Crippen molar-refractivity contribution in [3.05, 3.63) is 63.7 Å². The van der Waals surface area contributed by atoms with Gasteiger partial charge in [-0.2, -0.15) is 0 Å². The molecule has 140 valence electrons. The zero-order valence-corrected chi connectivity index (χ0v) is 17.1. The van der Waals surface area contributed by atoms with E-state index in [1.54, 1.807) is 0 Å². The van der Waals surface area contributed by atoms with E-state index >= 15 is 0 Å². The van der Waals surface area contributed by atoms with E-state index in [9.17, 15) is 4.79 Å². The van der Waals surface area contributed by atoms with E-state index in [2.05, 4.69) is 44.3 Å². The molecular weight excluding hydrogens is 322 g/mol. The van der Waals surface area contributed by atoms with Crippen LogP contribution >= 0.6 is 0 Å². The Bertz CT molecular complexity index is 795. The molecule has 2 aromatic rings. The number of aryl methyl sites for hydroxylation is 5. The first-order chi connectivity index (χ1) is 12.2. The standard InChI is InChI=1S/C23H31NO2/c1-8-21(26-22-10-9-14(2)11-18(22)6)23(25)24-19(7)20-13-16(4)15(3)12-17(20)5/h9-13,19,21H,8H2,1-7H3,(H,24,25)/t19-,21+/m1/s1. The minimum Gasteiger partial charge on any atom is -0.480 e. The Morgan fingerprint density at radius 3 is 2.23 bits per heavy atom. The van der Waals surface area contributed by atoms with Gasteiger partial charge >= 0.3 is 0 Å². The summed E-state index contributed by atoms with van der Waals surface area (Å²) in [6, 6.07) is 10.3. The molecule has 3 heteroatoms. The van der Waals surface area contributed by atoms with Gasteiger partial charge in [-0.1, -0.05) is 36.8 Å². The third kappa shape index (κ3) is 4.66. The summed E-state index contributed by atoms with van der Waals surface area (Å²) < 4.78 is 6.01. The van der Waals surface area contributed by atoms with Gasteiger partial charge in [-0.25, -0.2) is 0 Å². The molecule has 2 aromatic carbocycles. The zero-order chi connectivity index (χ0) is 19.4. The number of carbonyl (C=O) groups is 1. The summed E-state index contributed by atoms with van der Waals surface area (Å²) in [4.78, 5) is 12.8. The van der Waals surface area contributed by atoms with Gasteiger partial charge in [-0.15, -0.1) is 0 Å². The highest BCUT2D eigenvalue weighted by atomic mass is 16.5. The van der Waals surface area contributed by atoms with E-state index in [1.807, 2.05) is 39.8 Å². The molecule has 0 aliphatic heterocycles. The van der Waals surface area contributed by atoms with Crippen molar-refractivity contribution in [3.63, 3.8) is 0 Å². The van der Waals surface area contributed by atoms with Crippen LogP contribution in [0.4, 0.5) is 0 Å². The van der Waals surface area contributed by atoms with E-state index in [-0.39, 0.29) is 11.9 Å². The quantitative estimate of drug-likeness (QED) is 0.769. The van der Waals surface area contributed by atoms with Gasteiger partial charge in [0.15, 0.2) is 6.10 Å². The third-order valence-corrected chi connectivity index (χ3v) is 4.97. The van der Waals surface area contributed by atoms with E-state index < -0.39 is 6.10 Å². The maximum absolute atomic E-state index is 12.8. The van der Waals surface area contributed by atoms with Crippen LogP contribution in [0.25, 0.3) is 0 Å². The van der Waals surface area contributed by atoms with Crippen molar-refractivity contribution >= 4 is 5.91 Å². The second-order valence-corrected chi connectivity index (χ2v) is 7.31. The predicted octanol–water partition coefficient (Wildman–Crippen LogP) is 5.26. The van der Waals surface area contributed by atoms with E-state index in [4.69, 9.17) is 4.74 Å². The van der Waals surface area contributed by atoms with Crippen molar-refractivity contribution in [2.75, 3.05) is 0 Å². The highest BCUT2D eigenvalue weighted by Gasteiger charge is 2.22. The Hall–Kier alpha value is -2.29. The second-order valence-electron chi connectivity index (χ2n) is 7.31. The fraction of sp³-hybridized carbons (Fsp3) is 0.435. The predicted molar refractivity (Wildman–Crippen MR) is 108 cm³/mol. The summed E-state index contributed by atoms with van der Waals surface area (Å²) in [5.41, 5.74) is 7.10. The van der Waals surface area contributed by atoms with Crippen molar-refractivity contribution in [3.8, 4) is 5.75 Å².